The predicted octanol–water partition coefficient (Wildman–Crippen LogP) is 3.18. The van der Waals surface area contributed by atoms with Crippen LogP contribution in [0.1, 0.15) is 25.3 Å². The van der Waals surface area contributed by atoms with Gasteiger partial charge in [0, 0.05) is 0 Å². The molecule has 1 saturated carbocycles. The van der Waals surface area contributed by atoms with Crippen molar-refractivity contribution in [3.63, 3.8) is 0 Å². The Labute approximate surface area is 93.9 Å². The maximum absolute atomic E-state index is 13.1. The molecule has 0 spiro atoms. The Hall–Kier alpha value is -0.600. The Morgan fingerprint density at radius 3 is 2.73 bits per heavy atom. The van der Waals surface area contributed by atoms with Gasteiger partial charge in [-0.3, -0.25) is 0 Å². The second-order valence-corrected chi connectivity index (χ2v) is 5.03. The molecule has 1 fully saturated rings. The molecule has 1 N–H and O–H groups in total. The molecule has 0 bridgehead atoms. The van der Waals surface area contributed by atoms with Gasteiger partial charge in [0.25, 0.3) is 0 Å². The molecular formula is C12H14ClFO. The van der Waals surface area contributed by atoms with E-state index in [-0.39, 0.29) is 16.5 Å². The molecule has 1 nitrogen and oxygen atoms in total. The van der Waals surface area contributed by atoms with Gasteiger partial charge in [-0.05, 0) is 42.4 Å². The van der Waals surface area contributed by atoms with Crippen molar-refractivity contribution in [3.05, 3.63) is 34.6 Å². The van der Waals surface area contributed by atoms with Crippen LogP contribution in [0, 0.1) is 11.2 Å². The predicted molar refractivity (Wildman–Crippen MR) is 58.5 cm³/mol. The first-order valence-corrected chi connectivity index (χ1v) is 5.51. The fraction of sp³-hybridized carbons (Fsp3) is 0.500. The maximum atomic E-state index is 13.1. The minimum atomic E-state index is -0.415. The van der Waals surface area contributed by atoms with Gasteiger partial charge in [0.1, 0.15) is 5.82 Å². The van der Waals surface area contributed by atoms with E-state index in [2.05, 4.69) is 6.92 Å². The van der Waals surface area contributed by atoms with Crippen LogP contribution in [-0.2, 0) is 6.42 Å². The van der Waals surface area contributed by atoms with E-state index in [1.54, 1.807) is 6.07 Å². The molecule has 0 heterocycles. The fourth-order valence-electron chi connectivity index (χ4n) is 1.67. The molecule has 3 heteroatoms. The average Bonchev–Trinajstić information content (AvgIpc) is 2.92. The van der Waals surface area contributed by atoms with Crippen molar-refractivity contribution >= 4 is 11.6 Å². The first kappa shape index (κ1) is 10.9. The summed E-state index contributed by atoms with van der Waals surface area (Å²) in [6, 6.07) is 4.70. The van der Waals surface area contributed by atoms with Crippen molar-refractivity contribution in [1.82, 2.24) is 0 Å². The topological polar surface area (TPSA) is 20.2 Å². The van der Waals surface area contributed by atoms with E-state index in [1.165, 1.54) is 12.1 Å². The molecule has 1 aliphatic rings. The summed E-state index contributed by atoms with van der Waals surface area (Å²) in [6.45, 7) is 2.06. The summed E-state index contributed by atoms with van der Waals surface area (Å²) >= 11 is 5.58. The first-order valence-electron chi connectivity index (χ1n) is 5.13. The van der Waals surface area contributed by atoms with Crippen LogP contribution in [0.5, 0.6) is 0 Å². The lowest BCUT2D eigenvalue weighted by Gasteiger charge is -2.17. The van der Waals surface area contributed by atoms with Gasteiger partial charge in [0.15, 0.2) is 0 Å². The van der Waals surface area contributed by atoms with E-state index in [4.69, 9.17) is 11.6 Å². The zero-order valence-electron chi connectivity index (χ0n) is 8.63. The number of halogens is 2. The van der Waals surface area contributed by atoms with Crippen molar-refractivity contribution in [2.45, 2.75) is 32.3 Å². The first-order chi connectivity index (χ1) is 7.01. The minimum absolute atomic E-state index is 0.0517. The second kappa shape index (κ2) is 3.76. The van der Waals surface area contributed by atoms with Crippen LogP contribution in [0.3, 0.4) is 0 Å². The third-order valence-corrected chi connectivity index (χ3v) is 3.56. The molecule has 0 radical (unpaired) electrons. The second-order valence-electron chi connectivity index (χ2n) is 4.62. The maximum Gasteiger partial charge on any atom is 0.142 e. The molecular weight excluding hydrogens is 215 g/mol. The Balaban J connectivity index is 2.07. The van der Waals surface area contributed by atoms with Crippen LogP contribution in [0.25, 0.3) is 0 Å². The molecule has 1 aromatic rings. The van der Waals surface area contributed by atoms with E-state index >= 15 is 0 Å². The summed E-state index contributed by atoms with van der Waals surface area (Å²) in [6.07, 6.45) is 2.25. The molecule has 2 rings (SSSR count). The summed E-state index contributed by atoms with van der Waals surface area (Å²) in [5, 5.41) is 10.0. The van der Waals surface area contributed by atoms with Gasteiger partial charge in [-0.15, -0.1) is 0 Å². The highest BCUT2D eigenvalue weighted by Gasteiger charge is 2.43. The third kappa shape index (κ3) is 2.32. The summed E-state index contributed by atoms with van der Waals surface area (Å²) in [5.74, 6) is -0.415. The summed E-state index contributed by atoms with van der Waals surface area (Å²) < 4.78 is 13.1. The quantitative estimate of drug-likeness (QED) is 0.843. The Bertz CT molecular complexity index is 374. The summed E-state index contributed by atoms with van der Waals surface area (Å²) in [4.78, 5) is 0. The molecule has 0 amide bonds. The third-order valence-electron chi connectivity index (χ3n) is 3.26. The minimum Gasteiger partial charge on any atom is -0.392 e. The summed E-state index contributed by atoms with van der Waals surface area (Å²) in [7, 11) is 0. The molecule has 15 heavy (non-hydrogen) atoms. The summed E-state index contributed by atoms with van der Waals surface area (Å²) in [5.41, 5.74) is 0.855. The van der Waals surface area contributed by atoms with Gasteiger partial charge in [-0.1, -0.05) is 24.6 Å². The fourth-order valence-corrected chi connectivity index (χ4v) is 1.78. The molecule has 1 aliphatic carbocycles. The van der Waals surface area contributed by atoms with Crippen LogP contribution in [0.4, 0.5) is 4.39 Å². The van der Waals surface area contributed by atoms with Gasteiger partial charge in [0.05, 0.1) is 11.1 Å². The monoisotopic (exact) mass is 228 g/mol. The Kier molecular flexibility index (Phi) is 2.73. The number of hydrogen-bond acceptors (Lipinski definition) is 1. The number of aliphatic hydroxyl groups is 1. The smallest absolute Gasteiger partial charge is 0.142 e. The van der Waals surface area contributed by atoms with Crippen LogP contribution < -0.4 is 0 Å². The number of hydrogen-bond donors (Lipinski definition) is 1. The molecule has 1 unspecified atom stereocenters. The van der Waals surface area contributed by atoms with Crippen molar-refractivity contribution in [2.24, 2.45) is 5.41 Å². The highest BCUT2D eigenvalue weighted by Crippen LogP contribution is 2.48. The molecule has 82 valence electrons. The molecule has 0 aliphatic heterocycles. The number of benzene rings is 1. The zero-order valence-corrected chi connectivity index (χ0v) is 9.39. The lowest BCUT2D eigenvalue weighted by Crippen LogP contribution is -2.21. The van der Waals surface area contributed by atoms with Gasteiger partial charge in [-0.2, -0.15) is 0 Å². The molecule has 1 aromatic carbocycles. The van der Waals surface area contributed by atoms with E-state index < -0.39 is 5.82 Å². The molecule has 0 aromatic heterocycles. The van der Waals surface area contributed by atoms with Crippen LogP contribution in [-0.4, -0.2) is 11.2 Å². The number of aliphatic hydroxyl groups excluding tert-OH is 1. The standard InChI is InChI=1S/C12H14ClFO/c1-12(4-5-12)11(15)7-8-2-3-9(13)10(14)6-8/h2-3,6,11,15H,4-5,7H2,1H3. The Morgan fingerprint density at radius 2 is 2.20 bits per heavy atom. The average molecular weight is 229 g/mol. The molecule has 1 atom stereocenters. The van der Waals surface area contributed by atoms with Gasteiger partial charge in [0.2, 0.25) is 0 Å². The van der Waals surface area contributed by atoms with Crippen molar-refractivity contribution in [3.8, 4) is 0 Å². The van der Waals surface area contributed by atoms with Crippen molar-refractivity contribution in [1.29, 1.82) is 0 Å². The van der Waals surface area contributed by atoms with Crippen molar-refractivity contribution in [2.75, 3.05) is 0 Å². The SMILES string of the molecule is CC1(C(O)Cc2ccc(Cl)c(F)c2)CC1. The Morgan fingerprint density at radius 1 is 1.53 bits per heavy atom. The van der Waals surface area contributed by atoms with E-state index in [0.717, 1.165) is 18.4 Å². The van der Waals surface area contributed by atoms with E-state index in [1.807, 2.05) is 0 Å². The highest BCUT2D eigenvalue weighted by atomic mass is 35.5. The highest BCUT2D eigenvalue weighted by molar-refractivity contribution is 6.30. The van der Waals surface area contributed by atoms with Gasteiger partial charge >= 0.3 is 0 Å². The van der Waals surface area contributed by atoms with Crippen LogP contribution in [0.2, 0.25) is 5.02 Å². The van der Waals surface area contributed by atoms with Crippen molar-refractivity contribution < 1.29 is 9.50 Å². The largest absolute Gasteiger partial charge is 0.392 e. The van der Waals surface area contributed by atoms with Crippen LogP contribution >= 0.6 is 11.6 Å². The lowest BCUT2D eigenvalue weighted by molar-refractivity contribution is 0.103. The number of rotatable bonds is 3. The normalized spacial score (nSPS) is 20.0. The lowest BCUT2D eigenvalue weighted by atomic mass is 9.95. The van der Waals surface area contributed by atoms with E-state index in [0.29, 0.717) is 6.42 Å². The van der Waals surface area contributed by atoms with Crippen LogP contribution in [0.15, 0.2) is 18.2 Å². The van der Waals surface area contributed by atoms with Gasteiger partial charge < -0.3 is 5.11 Å². The zero-order chi connectivity index (χ0) is 11.1. The van der Waals surface area contributed by atoms with E-state index in [9.17, 15) is 9.50 Å². The molecule has 0 saturated heterocycles. The van der Waals surface area contributed by atoms with Gasteiger partial charge in [-0.25, -0.2) is 4.39 Å².